The lowest BCUT2D eigenvalue weighted by molar-refractivity contribution is -0.274. The summed E-state index contributed by atoms with van der Waals surface area (Å²) in [5.74, 6) is -0.580. The molecule has 19 heavy (non-hydrogen) atoms. The highest BCUT2D eigenvalue weighted by molar-refractivity contribution is 7.90. The van der Waals surface area contributed by atoms with Gasteiger partial charge in [-0.3, -0.25) is 0 Å². The van der Waals surface area contributed by atoms with Gasteiger partial charge in [0, 0.05) is 12.3 Å². The van der Waals surface area contributed by atoms with Gasteiger partial charge in [0.1, 0.15) is 9.84 Å². The van der Waals surface area contributed by atoms with Crippen LogP contribution in [0.5, 0.6) is 5.75 Å². The molecule has 0 aliphatic rings. The van der Waals surface area contributed by atoms with Crippen molar-refractivity contribution in [2.75, 3.05) is 17.3 Å². The molecule has 0 saturated carbocycles. The minimum absolute atomic E-state index is 0.0935. The van der Waals surface area contributed by atoms with Gasteiger partial charge in [0.25, 0.3) is 0 Å². The van der Waals surface area contributed by atoms with Crippen LogP contribution in [-0.4, -0.2) is 32.8 Å². The van der Waals surface area contributed by atoms with E-state index in [0.29, 0.717) is 0 Å². The zero-order valence-corrected chi connectivity index (χ0v) is 11.2. The molecule has 0 bridgehead atoms. The third kappa shape index (κ3) is 6.32. The third-order valence-corrected chi connectivity index (χ3v) is 3.17. The maximum absolute atomic E-state index is 12.2. The number of benzene rings is 1. The molecule has 108 valence electrons. The first kappa shape index (κ1) is 15.6. The second-order valence-corrected chi connectivity index (χ2v) is 6.37. The summed E-state index contributed by atoms with van der Waals surface area (Å²) in [6.45, 7) is 1.56. The number of alkyl halides is 3. The zero-order valence-electron chi connectivity index (χ0n) is 10.4. The summed E-state index contributed by atoms with van der Waals surface area (Å²) in [7, 11) is -3.22. The van der Waals surface area contributed by atoms with E-state index in [1.807, 2.05) is 0 Å². The van der Waals surface area contributed by atoms with Gasteiger partial charge in [0.15, 0.2) is 5.75 Å². The van der Waals surface area contributed by atoms with Gasteiger partial charge in [0.2, 0.25) is 0 Å². The Labute approximate surface area is 109 Å². The molecule has 1 rings (SSSR count). The highest BCUT2D eigenvalue weighted by Gasteiger charge is 2.32. The van der Waals surface area contributed by atoms with Crippen molar-refractivity contribution < 1.29 is 26.3 Å². The van der Waals surface area contributed by atoms with Gasteiger partial charge >= 0.3 is 6.36 Å². The molecular weight excluding hydrogens is 283 g/mol. The first-order valence-corrected chi connectivity index (χ1v) is 7.42. The van der Waals surface area contributed by atoms with Crippen molar-refractivity contribution in [3.8, 4) is 5.75 Å². The van der Waals surface area contributed by atoms with Crippen LogP contribution in [-0.2, 0) is 9.84 Å². The number of rotatable bonds is 5. The highest BCUT2D eigenvalue weighted by atomic mass is 32.2. The standard InChI is InChI=1S/C11H14F3NO3S/c1-8(7-19(2,16)17)15-9-5-3-4-6-10(9)18-11(12,13)14/h3-6,8,15H,7H2,1-2H3. The Balaban J connectivity index is 2.84. The van der Waals surface area contributed by atoms with Crippen LogP contribution in [0, 0.1) is 0 Å². The minimum atomic E-state index is -4.79. The SMILES string of the molecule is CC(CS(C)(=O)=O)Nc1ccccc1OC(F)(F)F. The van der Waals surface area contributed by atoms with Crippen LogP contribution >= 0.6 is 0 Å². The van der Waals surface area contributed by atoms with Crippen LogP contribution in [0.3, 0.4) is 0 Å². The third-order valence-electron chi connectivity index (χ3n) is 2.07. The van der Waals surface area contributed by atoms with Crippen LogP contribution in [0.15, 0.2) is 24.3 Å². The van der Waals surface area contributed by atoms with Crippen molar-refractivity contribution in [1.29, 1.82) is 0 Å². The summed E-state index contributed by atoms with van der Waals surface area (Å²) >= 11 is 0. The van der Waals surface area contributed by atoms with E-state index in [2.05, 4.69) is 10.1 Å². The van der Waals surface area contributed by atoms with E-state index in [1.54, 1.807) is 6.92 Å². The molecule has 1 unspecified atom stereocenters. The average Bonchev–Trinajstić information content (AvgIpc) is 2.15. The predicted octanol–water partition coefficient (Wildman–Crippen LogP) is 2.43. The van der Waals surface area contributed by atoms with Crippen LogP contribution in [0.4, 0.5) is 18.9 Å². The smallest absolute Gasteiger partial charge is 0.404 e. The summed E-state index contributed by atoms with van der Waals surface area (Å²) in [5.41, 5.74) is 0.0935. The average molecular weight is 297 g/mol. The Hall–Kier alpha value is -1.44. The van der Waals surface area contributed by atoms with Crippen molar-refractivity contribution in [1.82, 2.24) is 0 Å². The van der Waals surface area contributed by atoms with Crippen LogP contribution in [0.1, 0.15) is 6.92 Å². The lowest BCUT2D eigenvalue weighted by Crippen LogP contribution is -2.26. The van der Waals surface area contributed by atoms with Crippen molar-refractivity contribution >= 4 is 15.5 Å². The molecule has 0 amide bonds. The molecule has 0 aromatic heterocycles. The normalized spacial score (nSPS) is 13.9. The molecule has 1 aromatic rings. The van der Waals surface area contributed by atoms with Gasteiger partial charge < -0.3 is 10.1 Å². The fourth-order valence-electron chi connectivity index (χ4n) is 1.56. The van der Waals surface area contributed by atoms with Gasteiger partial charge in [-0.05, 0) is 19.1 Å². The number of hydrogen-bond donors (Lipinski definition) is 1. The monoisotopic (exact) mass is 297 g/mol. The summed E-state index contributed by atoms with van der Waals surface area (Å²) < 4.78 is 62.6. The Morgan fingerprint density at radius 1 is 1.32 bits per heavy atom. The molecule has 0 fully saturated rings. The fraction of sp³-hybridized carbons (Fsp3) is 0.455. The first-order valence-electron chi connectivity index (χ1n) is 5.36. The number of hydrogen-bond acceptors (Lipinski definition) is 4. The molecule has 1 N–H and O–H groups in total. The molecule has 4 nitrogen and oxygen atoms in total. The van der Waals surface area contributed by atoms with Gasteiger partial charge in [-0.15, -0.1) is 13.2 Å². The molecule has 8 heteroatoms. The van der Waals surface area contributed by atoms with Crippen molar-refractivity contribution in [2.45, 2.75) is 19.3 Å². The van der Waals surface area contributed by atoms with Crippen molar-refractivity contribution in [2.24, 2.45) is 0 Å². The second-order valence-electron chi connectivity index (χ2n) is 4.18. The summed E-state index contributed by atoms with van der Waals surface area (Å²) in [6, 6.07) is 4.93. The number of nitrogens with one attached hydrogen (secondary N) is 1. The van der Waals surface area contributed by atoms with E-state index in [4.69, 9.17) is 0 Å². The number of ether oxygens (including phenoxy) is 1. The van der Waals surface area contributed by atoms with Crippen molar-refractivity contribution in [3.63, 3.8) is 0 Å². The number of para-hydroxylation sites is 2. The molecule has 0 spiro atoms. The van der Waals surface area contributed by atoms with E-state index < -0.39 is 28.0 Å². The Bertz CT molecular complexity index is 528. The topological polar surface area (TPSA) is 55.4 Å². The lowest BCUT2D eigenvalue weighted by atomic mass is 10.2. The van der Waals surface area contributed by atoms with Crippen LogP contribution in [0.2, 0.25) is 0 Å². The van der Waals surface area contributed by atoms with Crippen LogP contribution < -0.4 is 10.1 Å². The second kappa shape index (κ2) is 5.68. The zero-order chi connectivity index (χ0) is 14.7. The molecule has 1 atom stereocenters. The van der Waals surface area contributed by atoms with Gasteiger partial charge in [-0.2, -0.15) is 0 Å². The fourth-order valence-corrected chi connectivity index (χ4v) is 2.55. The van der Waals surface area contributed by atoms with E-state index in [-0.39, 0.29) is 11.4 Å². The summed E-state index contributed by atoms with van der Waals surface area (Å²) in [5, 5.41) is 2.69. The molecule has 0 heterocycles. The Kier molecular flexibility index (Phi) is 4.67. The van der Waals surface area contributed by atoms with Gasteiger partial charge in [0.05, 0.1) is 11.4 Å². The summed E-state index contributed by atoms with van der Waals surface area (Å²) in [4.78, 5) is 0. The number of halogens is 3. The van der Waals surface area contributed by atoms with Gasteiger partial charge in [-0.25, -0.2) is 8.42 Å². The van der Waals surface area contributed by atoms with E-state index in [1.165, 1.54) is 18.2 Å². The minimum Gasteiger partial charge on any atom is -0.404 e. The molecule has 0 saturated heterocycles. The lowest BCUT2D eigenvalue weighted by Gasteiger charge is -2.18. The highest BCUT2D eigenvalue weighted by Crippen LogP contribution is 2.30. The largest absolute Gasteiger partial charge is 0.573 e. The van der Waals surface area contributed by atoms with Gasteiger partial charge in [-0.1, -0.05) is 12.1 Å². The van der Waals surface area contributed by atoms with E-state index in [9.17, 15) is 21.6 Å². The predicted molar refractivity (Wildman–Crippen MR) is 65.9 cm³/mol. The quantitative estimate of drug-likeness (QED) is 0.907. The maximum atomic E-state index is 12.2. The van der Waals surface area contributed by atoms with E-state index >= 15 is 0 Å². The molecular formula is C11H14F3NO3S. The molecule has 0 aliphatic carbocycles. The summed E-state index contributed by atoms with van der Waals surface area (Å²) in [6.07, 6.45) is -3.73. The molecule has 0 aliphatic heterocycles. The molecule has 0 radical (unpaired) electrons. The first-order chi connectivity index (χ1) is 8.57. The number of sulfone groups is 1. The van der Waals surface area contributed by atoms with Crippen LogP contribution in [0.25, 0.3) is 0 Å². The maximum Gasteiger partial charge on any atom is 0.573 e. The van der Waals surface area contributed by atoms with E-state index in [0.717, 1.165) is 12.3 Å². The Morgan fingerprint density at radius 2 is 1.89 bits per heavy atom. The Morgan fingerprint density at radius 3 is 2.42 bits per heavy atom. The molecule has 1 aromatic carbocycles. The number of anilines is 1. The van der Waals surface area contributed by atoms with Crippen molar-refractivity contribution in [3.05, 3.63) is 24.3 Å².